The van der Waals surface area contributed by atoms with E-state index in [1.807, 2.05) is 29.0 Å². The molecule has 1 N–H and O–H groups in total. The van der Waals surface area contributed by atoms with Crippen LogP contribution in [0.2, 0.25) is 10.0 Å². The molecule has 7 heteroatoms. The van der Waals surface area contributed by atoms with Gasteiger partial charge in [-0.1, -0.05) is 41.4 Å². The molecule has 0 saturated carbocycles. The molecule has 1 unspecified atom stereocenters. The highest BCUT2D eigenvalue weighted by molar-refractivity contribution is 6.52. The number of benzene rings is 2. The summed E-state index contributed by atoms with van der Waals surface area (Å²) in [6.45, 7) is 2.62. The molecule has 0 saturated heterocycles. The van der Waals surface area contributed by atoms with Crippen LogP contribution in [0.5, 0.6) is 0 Å². The molecule has 3 aromatic rings. The van der Waals surface area contributed by atoms with Gasteiger partial charge in [0.15, 0.2) is 0 Å². The molecule has 1 aromatic heterocycles. The number of amides is 1. The molecule has 0 fully saturated rings. The summed E-state index contributed by atoms with van der Waals surface area (Å²) in [6, 6.07) is 7.57. The first-order valence-electron chi connectivity index (χ1n) is 8.31. The monoisotopic (exact) mass is 386 g/mol. The van der Waals surface area contributed by atoms with Gasteiger partial charge >= 0.3 is 0 Å². The van der Waals surface area contributed by atoms with Crippen LogP contribution in [0, 0.1) is 0 Å². The number of halogens is 2. The van der Waals surface area contributed by atoms with E-state index < -0.39 is 0 Å². The summed E-state index contributed by atoms with van der Waals surface area (Å²) in [5.41, 5.74) is 1.76. The Hall–Kier alpha value is -2.37. The summed E-state index contributed by atoms with van der Waals surface area (Å²) in [5.74, 6) is -0.210. The van der Waals surface area contributed by atoms with E-state index in [9.17, 15) is 4.79 Å². The van der Waals surface area contributed by atoms with E-state index in [-0.39, 0.29) is 11.9 Å². The van der Waals surface area contributed by atoms with Crippen LogP contribution in [0.4, 0.5) is 5.69 Å². The van der Waals surface area contributed by atoms with Crippen molar-refractivity contribution in [2.24, 2.45) is 4.99 Å². The standard InChI is InChI=1S/C19H16Cl2N4O/c1-11(25-8-7-22-10-25)5-6-23-19(26)17-13-4-2-3-12-14(20)9-15(21)18(24-17)16(12)13/h2-4,7-11H,5-6H2,1H3,(H,23,26). The molecule has 2 aromatic carbocycles. The minimum atomic E-state index is -0.210. The lowest BCUT2D eigenvalue weighted by Crippen LogP contribution is -2.32. The Bertz CT molecular complexity index is 1030. The predicted octanol–water partition coefficient (Wildman–Crippen LogP) is 4.54. The number of nitrogens with zero attached hydrogens (tertiary/aromatic N) is 3. The molecule has 1 aliphatic heterocycles. The summed E-state index contributed by atoms with van der Waals surface area (Å²) in [6.07, 6.45) is 6.22. The normalized spacial score (nSPS) is 13.7. The van der Waals surface area contributed by atoms with Gasteiger partial charge < -0.3 is 9.88 Å². The smallest absolute Gasteiger partial charge is 0.270 e. The van der Waals surface area contributed by atoms with Gasteiger partial charge in [-0.25, -0.2) is 9.98 Å². The molecular weight excluding hydrogens is 371 g/mol. The third-order valence-corrected chi connectivity index (χ3v) is 5.21. The second-order valence-corrected chi connectivity index (χ2v) is 7.10. The number of imidazole rings is 1. The number of carbonyl (C=O) groups excluding carboxylic acids is 1. The molecule has 4 rings (SSSR count). The molecule has 26 heavy (non-hydrogen) atoms. The van der Waals surface area contributed by atoms with E-state index in [0.717, 1.165) is 22.8 Å². The lowest BCUT2D eigenvalue weighted by Gasteiger charge is -2.13. The number of carbonyl (C=O) groups is 1. The molecule has 1 aliphatic rings. The molecule has 1 atom stereocenters. The summed E-state index contributed by atoms with van der Waals surface area (Å²) < 4.78 is 2.01. The average Bonchev–Trinajstić information content (AvgIpc) is 3.28. The largest absolute Gasteiger partial charge is 0.351 e. The van der Waals surface area contributed by atoms with E-state index in [1.165, 1.54) is 0 Å². The number of rotatable bonds is 5. The van der Waals surface area contributed by atoms with Gasteiger partial charge in [0.05, 0.1) is 22.1 Å². The maximum absolute atomic E-state index is 12.7. The van der Waals surface area contributed by atoms with Crippen LogP contribution in [0.25, 0.3) is 10.8 Å². The molecular formula is C19H16Cl2N4O. The predicted molar refractivity (Wildman–Crippen MR) is 105 cm³/mol. The molecule has 0 bridgehead atoms. The van der Waals surface area contributed by atoms with Gasteiger partial charge in [-0.05, 0) is 19.4 Å². The second-order valence-electron chi connectivity index (χ2n) is 6.28. The van der Waals surface area contributed by atoms with E-state index >= 15 is 0 Å². The van der Waals surface area contributed by atoms with Crippen LogP contribution in [0.15, 0.2) is 48.0 Å². The third kappa shape index (κ3) is 2.87. The van der Waals surface area contributed by atoms with Crippen LogP contribution in [-0.4, -0.2) is 27.7 Å². The lowest BCUT2D eigenvalue weighted by atomic mass is 10.0. The zero-order valence-electron chi connectivity index (χ0n) is 14.0. The molecule has 2 heterocycles. The number of hydrogen-bond donors (Lipinski definition) is 1. The fraction of sp³-hybridized carbons (Fsp3) is 0.211. The maximum Gasteiger partial charge on any atom is 0.270 e. The second kappa shape index (κ2) is 6.74. The van der Waals surface area contributed by atoms with Crippen molar-refractivity contribution in [3.8, 4) is 0 Å². The number of aliphatic imine (C=N–C) groups is 1. The Labute approximate surface area is 160 Å². The van der Waals surface area contributed by atoms with Gasteiger partial charge in [0, 0.05) is 41.3 Å². The first-order valence-corrected chi connectivity index (χ1v) is 9.07. The molecule has 0 aliphatic carbocycles. The van der Waals surface area contributed by atoms with Crippen LogP contribution in [-0.2, 0) is 4.79 Å². The number of nitrogens with one attached hydrogen (secondary N) is 1. The Morgan fingerprint density at radius 2 is 2.15 bits per heavy atom. The van der Waals surface area contributed by atoms with Gasteiger partial charge in [-0.3, -0.25) is 4.79 Å². The van der Waals surface area contributed by atoms with E-state index in [4.69, 9.17) is 23.2 Å². The van der Waals surface area contributed by atoms with Crippen molar-refractivity contribution in [1.29, 1.82) is 0 Å². The van der Waals surface area contributed by atoms with Gasteiger partial charge in [0.25, 0.3) is 5.91 Å². The Balaban J connectivity index is 1.53. The summed E-state index contributed by atoms with van der Waals surface area (Å²) in [4.78, 5) is 21.2. The maximum atomic E-state index is 12.7. The van der Waals surface area contributed by atoms with E-state index in [2.05, 4.69) is 22.2 Å². The van der Waals surface area contributed by atoms with Crippen LogP contribution < -0.4 is 5.32 Å². The van der Waals surface area contributed by atoms with Gasteiger partial charge in [0.2, 0.25) is 0 Å². The zero-order valence-corrected chi connectivity index (χ0v) is 15.6. The van der Waals surface area contributed by atoms with Gasteiger partial charge in [0.1, 0.15) is 5.71 Å². The topological polar surface area (TPSA) is 59.3 Å². The summed E-state index contributed by atoms with van der Waals surface area (Å²) >= 11 is 12.6. The Kier molecular flexibility index (Phi) is 4.42. The summed E-state index contributed by atoms with van der Waals surface area (Å²) in [7, 11) is 0. The van der Waals surface area contributed by atoms with Crippen molar-refractivity contribution in [3.05, 3.63) is 58.6 Å². The highest BCUT2D eigenvalue weighted by Gasteiger charge is 2.26. The minimum Gasteiger partial charge on any atom is -0.351 e. The molecule has 1 amide bonds. The van der Waals surface area contributed by atoms with Gasteiger partial charge in [-0.15, -0.1) is 0 Å². The average molecular weight is 387 g/mol. The quantitative estimate of drug-likeness (QED) is 0.699. The zero-order chi connectivity index (χ0) is 18.3. The van der Waals surface area contributed by atoms with E-state index in [1.54, 1.807) is 18.6 Å². The van der Waals surface area contributed by atoms with E-state index in [0.29, 0.717) is 28.0 Å². The molecule has 0 radical (unpaired) electrons. The number of hydrogen-bond acceptors (Lipinski definition) is 3. The van der Waals surface area contributed by atoms with Crippen molar-refractivity contribution in [2.75, 3.05) is 6.54 Å². The molecule has 5 nitrogen and oxygen atoms in total. The third-order valence-electron chi connectivity index (χ3n) is 4.61. The first kappa shape index (κ1) is 17.1. The SMILES string of the molecule is CC(CCNC(=O)C1=Nc2c(Cl)cc(Cl)c3cccc1c23)n1ccnc1. The Morgan fingerprint density at radius 1 is 1.31 bits per heavy atom. The molecule has 132 valence electrons. The molecule has 0 spiro atoms. The highest BCUT2D eigenvalue weighted by atomic mass is 35.5. The van der Waals surface area contributed by atoms with Crippen LogP contribution in [0.3, 0.4) is 0 Å². The van der Waals surface area contributed by atoms with Crippen molar-refractivity contribution in [3.63, 3.8) is 0 Å². The van der Waals surface area contributed by atoms with Crippen molar-refractivity contribution >= 4 is 51.3 Å². The van der Waals surface area contributed by atoms with Crippen LogP contribution in [0.1, 0.15) is 24.9 Å². The van der Waals surface area contributed by atoms with Crippen LogP contribution >= 0.6 is 23.2 Å². The fourth-order valence-electron chi connectivity index (χ4n) is 3.19. The fourth-order valence-corrected chi connectivity index (χ4v) is 3.76. The first-order chi connectivity index (χ1) is 12.6. The summed E-state index contributed by atoms with van der Waals surface area (Å²) in [5, 5.41) is 5.64. The van der Waals surface area contributed by atoms with Gasteiger partial charge in [-0.2, -0.15) is 0 Å². The lowest BCUT2D eigenvalue weighted by molar-refractivity contribution is -0.114. The van der Waals surface area contributed by atoms with Crippen molar-refractivity contribution < 1.29 is 4.79 Å². The Morgan fingerprint density at radius 3 is 2.92 bits per heavy atom. The van der Waals surface area contributed by atoms with Crippen molar-refractivity contribution in [2.45, 2.75) is 19.4 Å². The highest BCUT2D eigenvalue weighted by Crippen LogP contribution is 2.43. The van der Waals surface area contributed by atoms with Crippen molar-refractivity contribution in [1.82, 2.24) is 14.9 Å². The number of aromatic nitrogens is 2. The minimum absolute atomic E-state index is 0.210.